The zero-order valence-corrected chi connectivity index (χ0v) is 10.3. The van der Waals surface area contributed by atoms with Crippen molar-refractivity contribution < 1.29 is 14.3 Å². The number of nitrogens with two attached hydrogens (primary N) is 1. The highest BCUT2D eigenvalue weighted by Gasteiger charge is 2.16. The average molecular weight is 243 g/mol. The standard InChI is InChI=1S/C11H21N3O3/c1-9(11(12)16)8-13-3-2-10(15)14-4-6-17-7-5-14/h9,13H,2-8H2,1H3,(H2,12,16). The third-order valence-electron chi connectivity index (χ3n) is 2.82. The summed E-state index contributed by atoms with van der Waals surface area (Å²) in [6.07, 6.45) is 0.450. The number of ether oxygens (including phenoxy) is 1. The van der Waals surface area contributed by atoms with Crippen LogP contribution in [0.1, 0.15) is 13.3 Å². The molecule has 1 fully saturated rings. The van der Waals surface area contributed by atoms with Gasteiger partial charge in [0.1, 0.15) is 0 Å². The summed E-state index contributed by atoms with van der Waals surface area (Å²) in [5.41, 5.74) is 5.13. The van der Waals surface area contributed by atoms with Gasteiger partial charge in [-0.15, -0.1) is 0 Å². The molecule has 1 rings (SSSR count). The van der Waals surface area contributed by atoms with E-state index in [1.54, 1.807) is 6.92 Å². The minimum atomic E-state index is -0.322. The Morgan fingerprint density at radius 1 is 1.41 bits per heavy atom. The number of rotatable bonds is 6. The summed E-state index contributed by atoms with van der Waals surface area (Å²) >= 11 is 0. The predicted molar refractivity (Wildman–Crippen MR) is 63.2 cm³/mol. The van der Waals surface area contributed by atoms with Gasteiger partial charge in [0.2, 0.25) is 11.8 Å². The molecule has 1 heterocycles. The van der Waals surface area contributed by atoms with E-state index in [0.717, 1.165) is 0 Å². The van der Waals surface area contributed by atoms with Crippen molar-refractivity contribution in [1.29, 1.82) is 0 Å². The fraction of sp³-hybridized carbons (Fsp3) is 0.818. The van der Waals surface area contributed by atoms with E-state index in [4.69, 9.17) is 10.5 Å². The number of primary amides is 1. The molecule has 17 heavy (non-hydrogen) atoms. The largest absolute Gasteiger partial charge is 0.378 e. The van der Waals surface area contributed by atoms with Gasteiger partial charge in [-0.1, -0.05) is 6.92 Å². The van der Waals surface area contributed by atoms with Crippen LogP contribution in [0, 0.1) is 5.92 Å². The molecule has 1 atom stereocenters. The molecule has 0 aliphatic carbocycles. The van der Waals surface area contributed by atoms with E-state index in [9.17, 15) is 9.59 Å². The lowest BCUT2D eigenvalue weighted by Gasteiger charge is -2.26. The van der Waals surface area contributed by atoms with Crippen molar-refractivity contribution in [2.75, 3.05) is 39.4 Å². The first-order valence-electron chi connectivity index (χ1n) is 5.97. The fourth-order valence-electron chi connectivity index (χ4n) is 1.59. The van der Waals surface area contributed by atoms with Gasteiger partial charge in [0.25, 0.3) is 0 Å². The van der Waals surface area contributed by atoms with Crippen molar-refractivity contribution in [3.63, 3.8) is 0 Å². The number of hydrogen-bond donors (Lipinski definition) is 2. The minimum absolute atomic E-state index is 0.132. The zero-order chi connectivity index (χ0) is 12.7. The van der Waals surface area contributed by atoms with Crippen molar-refractivity contribution >= 4 is 11.8 Å². The SMILES string of the molecule is CC(CNCCC(=O)N1CCOCC1)C(N)=O. The van der Waals surface area contributed by atoms with E-state index in [1.807, 2.05) is 4.90 Å². The molecule has 2 amide bonds. The predicted octanol–water partition coefficient (Wildman–Crippen LogP) is -1.05. The Morgan fingerprint density at radius 2 is 2.06 bits per heavy atom. The van der Waals surface area contributed by atoms with E-state index in [-0.39, 0.29) is 17.7 Å². The smallest absolute Gasteiger partial charge is 0.224 e. The molecule has 0 radical (unpaired) electrons. The van der Waals surface area contributed by atoms with Gasteiger partial charge in [0.05, 0.1) is 13.2 Å². The number of amides is 2. The number of hydrogen-bond acceptors (Lipinski definition) is 4. The van der Waals surface area contributed by atoms with Crippen molar-refractivity contribution in [3.05, 3.63) is 0 Å². The molecule has 0 aromatic heterocycles. The lowest BCUT2D eigenvalue weighted by atomic mass is 10.2. The second-order valence-corrected chi connectivity index (χ2v) is 4.25. The molecule has 0 aromatic rings. The Kier molecular flexibility index (Phi) is 5.93. The van der Waals surface area contributed by atoms with Gasteiger partial charge in [-0.05, 0) is 0 Å². The molecule has 6 heteroatoms. The molecule has 0 aromatic carbocycles. The molecular weight excluding hydrogens is 222 g/mol. The summed E-state index contributed by atoms with van der Waals surface area (Å²) < 4.78 is 5.17. The molecule has 1 aliphatic heterocycles. The fourth-order valence-corrected chi connectivity index (χ4v) is 1.59. The van der Waals surface area contributed by atoms with E-state index in [2.05, 4.69) is 5.32 Å². The zero-order valence-electron chi connectivity index (χ0n) is 10.3. The quantitative estimate of drug-likeness (QED) is 0.583. The highest BCUT2D eigenvalue weighted by Crippen LogP contribution is 1.99. The first-order valence-corrected chi connectivity index (χ1v) is 5.97. The molecule has 0 saturated carbocycles. The van der Waals surface area contributed by atoms with Crippen LogP contribution in [0.15, 0.2) is 0 Å². The van der Waals surface area contributed by atoms with Gasteiger partial charge in [-0.25, -0.2) is 0 Å². The number of nitrogens with one attached hydrogen (secondary N) is 1. The first-order chi connectivity index (χ1) is 8.11. The normalized spacial score (nSPS) is 17.8. The maximum absolute atomic E-state index is 11.7. The summed E-state index contributed by atoms with van der Waals surface area (Å²) in [4.78, 5) is 24.3. The Bertz CT molecular complexity index is 265. The number of carbonyl (C=O) groups is 2. The third kappa shape index (κ3) is 5.14. The van der Waals surface area contributed by atoms with Crippen molar-refractivity contribution in [2.24, 2.45) is 11.7 Å². The summed E-state index contributed by atoms with van der Waals surface area (Å²) in [5.74, 6) is -0.391. The summed E-state index contributed by atoms with van der Waals surface area (Å²) in [7, 11) is 0. The van der Waals surface area contributed by atoms with Crippen LogP contribution >= 0.6 is 0 Å². The van der Waals surface area contributed by atoms with Crippen LogP contribution < -0.4 is 11.1 Å². The van der Waals surface area contributed by atoms with E-state index < -0.39 is 0 Å². The van der Waals surface area contributed by atoms with Crippen molar-refractivity contribution in [1.82, 2.24) is 10.2 Å². The summed E-state index contributed by atoms with van der Waals surface area (Å²) in [5, 5.41) is 3.06. The molecule has 1 aliphatic rings. The first kappa shape index (κ1) is 13.9. The highest BCUT2D eigenvalue weighted by molar-refractivity contribution is 5.77. The Labute approximate surface area is 101 Å². The van der Waals surface area contributed by atoms with Gasteiger partial charge >= 0.3 is 0 Å². The average Bonchev–Trinajstić information content (AvgIpc) is 2.35. The molecule has 6 nitrogen and oxygen atoms in total. The number of nitrogens with zero attached hydrogens (tertiary/aromatic N) is 1. The van der Waals surface area contributed by atoms with Crippen LogP contribution in [0.25, 0.3) is 0 Å². The second-order valence-electron chi connectivity index (χ2n) is 4.25. The van der Waals surface area contributed by atoms with Crippen LogP contribution in [-0.4, -0.2) is 56.1 Å². The molecular formula is C11H21N3O3. The van der Waals surface area contributed by atoms with E-state index in [0.29, 0.717) is 45.8 Å². The van der Waals surface area contributed by atoms with Gasteiger partial charge in [-0.2, -0.15) is 0 Å². The molecule has 1 unspecified atom stereocenters. The maximum atomic E-state index is 11.7. The van der Waals surface area contributed by atoms with Gasteiger partial charge in [-0.3, -0.25) is 9.59 Å². The number of morpholine rings is 1. The van der Waals surface area contributed by atoms with Gasteiger partial charge in [0, 0.05) is 38.5 Å². The Hall–Kier alpha value is -1.14. The van der Waals surface area contributed by atoms with E-state index in [1.165, 1.54) is 0 Å². The minimum Gasteiger partial charge on any atom is -0.378 e. The van der Waals surface area contributed by atoms with Gasteiger partial charge < -0.3 is 20.7 Å². The van der Waals surface area contributed by atoms with Crippen LogP contribution in [-0.2, 0) is 14.3 Å². The molecule has 0 spiro atoms. The van der Waals surface area contributed by atoms with Crippen LogP contribution in [0.4, 0.5) is 0 Å². The molecule has 3 N–H and O–H groups in total. The summed E-state index contributed by atoms with van der Waals surface area (Å²) in [6, 6.07) is 0. The van der Waals surface area contributed by atoms with Gasteiger partial charge in [0.15, 0.2) is 0 Å². The highest BCUT2D eigenvalue weighted by atomic mass is 16.5. The molecule has 0 bridgehead atoms. The Balaban J connectivity index is 2.09. The molecule has 98 valence electrons. The van der Waals surface area contributed by atoms with Crippen molar-refractivity contribution in [3.8, 4) is 0 Å². The third-order valence-corrected chi connectivity index (χ3v) is 2.82. The summed E-state index contributed by atoms with van der Waals surface area (Å²) in [6.45, 7) is 5.46. The maximum Gasteiger partial charge on any atom is 0.224 e. The second kappa shape index (κ2) is 7.24. The Morgan fingerprint density at radius 3 is 2.65 bits per heavy atom. The topological polar surface area (TPSA) is 84.7 Å². The van der Waals surface area contributed by atoms with Crippen LogP contribution in [0.5, 0.6) is 0 Å². The lowest BCUT2D eigenvalue weighted by Crippen LogP contribution is -2.42. The van der Waals surface area contributed by atoms with Crippen molar-refractivity contribution in [2.45, 2.75) is 13.3 Å². The monoisotopic (exact) mass is 243 g/mol. The number of carbonyl (C=O) groups excluding carboxylic acids is 2. The van der Waals surface area contributed by atoms with E-state index >= 15 is 0 Å². The molecule has 1 saturated heterocycles. The van der Waals surface area contributed by atoms with Crippen LogP contribution in [0.2, 0.25) is 0 Å². The van der Waals surface area contributed by atoms with Crippen LogP contribution in [0.3, 0.4) is 0 Å². The lowest BCUT2D eigenvalue weighted by molar-refractivity contribution is -0.135.